The van der Waals surface area contributed by atoms with Crippen molar-refractivity contribution in [1.29, 1.82) is 0 Å². The Balaban J connectivity index is 1.73. The molecule has 23 heavy (non-hydrogen) atoms. The first-order chi connectivity index (χ1) is 11.1. The molecule has 0 spiro atoms. The first kappa shape index (κ1) is 15.2. The third-order valence-electron chi connectivity index (χ3n) is 3.37. The molecule has 0 aliphatic heterocycles. The maximum absolute atomic E-state index is 11.6. The Bertz CT molecular complexity index is 798. The molecular weight excluding hydrogens is 312 g/mol. The van der Waals surface area contributed by atoms with Crippen LogP contribution in [0.2, 0.25) is 0 Å². The minimum Gasteiger partial charge on any atom is -0.376 e. The Hall–Kier alpha value is -2.67. The summed E-state index contributed by atoms with van der Waals surface area (Å²) in [4.78, 5) is 18.5. The van der Waals surface area contributed by atoms with Crippen LogP contribution >= 0.6 is 11.3 Å². The summed E-state index contributed by atoms with van der Waals surface area (Å²) in [5, 5.41) is 9.19. The molecule has 2 heterocycles. The standard InChI is InChI=1S/C16H16N4O2S/c1-11(21)20(2)13-7-4-3-6-12(13)17-10-15-18-16(22-19-15)14-8-5-9-23-14/h3-9,17H,10H2,1-2H3. The molecule has 0 bridgehead atoms. The lowest BCUT2D eigenvalue weighted by Crippen LogP contribution is -2.23. The van der Waals surface area contributed by atoms with Crippen LogP contribution < -0.4 is 10.2 Å². The molecule has 0 radical (unpaired) electrons. The van der Waals surface area contributed by atoms with E-state index >= 15 is 0 Å². The van der Waals surface area contributed by atoms with Gasteiger partial charge in [0.1, 0.15) is 0 Å². The highest BCUT2D eigenvalue weighted by Gasteiger charge is 2.12. The second-order valence-electron chi connectivity index (χ2n) is 4.94. The number of anilines is 2. The maximum Gasteiger partial charge on any atom is 0.268 e. The largest absolute Gasteiger partial charge is 0.376 e. The smallest absolute Gasteiger partial charge is 0.268 e. The van der Waals surface area contributed by atoms with Crippen LogP contribution in [0.5, 0.6) is 0 Å². The summed E-state index contributed by atoms with van der Waals surface area (Å²) in [5.41, 5.74) is 1.65. The molecule has 1 N–H and O–H groups in total. The first-order valence-corrected chi connectivity index (χ1v) is 7.97. The summed E-state index contributed by atoms with van der Waals surface area (Å²) >= 11 is 1.55. The van der Waals surface area contributed by atoms with Gasteiger partial charge in [-0.05, 0) is 23.6 Å². The molecule has 118 valence electrons. The van der Waals surface area contributed by atoms with Crippen molar-refractivity contribution in [3.05, 3.63) is 47.6 Å². The van der Waals surface area contributed by atoms with E-state index in [4.69, 9.17) is 4.52 Å². The highest BCUT2D eigenvalue weighted by molar-refractivity contribution is 7.13. The van der Waals surface area contributed by atoms with Crippen molar-refractivity contribution < 1.29 is 9.32 Å². The number of para-hydroxylation sites is 2. The predicted molar refractivity (Wildman–Crippen MR) is 90.5 cm³/mol. The van der Waals surface area contributed by atoms with Gasteiger partial charge >= 0.3 is 0 Å². The van der Waals surface area contributed by atoms with Gasteiger partial charge in [-0.1, -0.05) is 23.4 Å². The van der Waals surface area contributed by atoms with Crippen LogP contribution in [0.4, 0.5) is 11.4 Å². The summed E-state index contributed by atoms with van der Waals surface area (Å²) < 4.78 is 5.26. The first-order valence-electron chi connectivity index (χ1n) is 7.09. The van der Waals surface area contributed by atoms with Crippen molar-refractivity contribution in [3.8, 4) is 10.8 Å². The molecule has 0 aliphatic rings. The van der Waals surface area contributed by atoms with Crippen molar-refractivity contribution in [2.45, 2.75) is 13.5 Å². The Kier molecular flexibility index (Phi) is 4.38. The van der Waals surface area contributed by atoms with Crippen LogP contribution in [0.3, 0.4) is 0 Å². The zero-order chi connectivity index (χ0) is 16.2. The molecule has 1 aromatic carbocycles. The average Bonchev–Trinajstić information content (AvgIpc) is 3.23. The van der Waals surface area contributed by atoms with E-state index in [9.17, 15) is 4.79 Å². The van der Waals surface area contributed by atoms with Crippen LogP contribution in [0.1, 0.15) is 12.7 Å². The topological polar surface area (TPSA) is 71.3 Å². The van der Waals surface area contributed by atoms with E-state index < -0.39 is 0 Å². The summed E-state index contributed by atoms with van der Waals surface area (Å²) in [6.07, 6.45) is 0. The molecule has 0 unspecified atom stereocenters. The maximum atomic E-state index is 11.6. The van der Waals surface area contributed by atoms with Crippen LogP contribution in [-0.4, -0.2) is 23.1 Å². The van der Waals surface area contributed by atoms with E-state index in [0.717, 1.165) is 16.3 Å². The Morgan fingerprint density at radius 3 is 2.87 bits per heavy atom. The number of nitrogens with one attached hydrogen (secondary N) is 1. The van der Waals surface area contributed by atoms with Gasteiger partial charge in [-0.25, -0.2) is 0 Å². The van der Waals surface area contributed by atoms with Gasteiger partial charge in [0.2, 0.25) is 5.91 Å². The number of amides is 1. The molecule has 0 fully saturated rings. The normalized spacial score (nSPS) is 10.5. The van der Waals surface area contributed by atoms with Gasteiger partial charge < -0.3 is 14.7 Å². The van der Waals surface area contributed by atoms with E-state index in [2.05, 4.69) is 15.5 Å². The van der Waals surface area contributed by atoms with E-state index in [1.54, 1.807) is 23.3 Å². The van der Waals surface area contributed by atoms with Crippen LogP contribution in [0.25, 0.3) is 10.8 Å². The minimum atomic E-state index is -0.0289. The molecule has 6 nitrogen and oxygen atoms in total. The van der Waals surface area contributed by atoms with Crippen LogP contribution in [0.15, 0.2) is 46.3 Å². The molecule has 0 atom stereocenters. The third-order valence-corrected chi connectivity index (χ3v) is 4.23. The number of thiophene rings is 1. The number of hydrogen-bond donors (Lipinski definition) is 1. The molecule has 3 rings (SSSR count). The Labute approximate surface area is 137 Å². The summed E-state index contributed by atoms with van der Waals surface area (Å²) in [6, 6.07) is 11.5. The summed E-state index contributed by atoms with van der Waals surface area (Å²) in [7, 11) is 1.74. The van der Waals surface area contributed by atoms with Crippen molar-refractivity contribution in [1.82, 2.24) is 10.1 Å². The molecule has 0 saturated carbocycles. The number of rotatable bonds is 5. The van der Waals surface area contributed by atoms with Crippen LogP contribution in [0, 0.1) is 0 Å². The van der Waals surface area contributed by atoms with E-state index in [0.29, 0.717) is 18.3 Å². The highest BCUT2D eigenvalue weighted by atomic mass is 32.1. The molecule has 0 saturated heterocycles. The molecule has 3 aromatic rings. The third kappa shape index (κ3) is 3.40. The van der Waals surface area contributed by atoms with E-state index in [1.807, 2.05) is 41.8 Å². The van der Waals surface area contributed by atoms with Gasteiger partial charge in [0, 0.05) is 14.0 Å². The van der Waals surface area contributed by atoms with Gasteiger partial charge in [0.15, 0.2) is 5.82 Å². The van der Waals surface area contributed by atoms with Crippen molar-refractivity contribution in [3.63, 3.8) is 0 Å². The monoisotopic (exact) mass is 328 g/mol. The quantitative estimate of drug-likeness (QED) is 0.777. The molecule has 0 aliphatic carbocycles. The van der Waals surface area contributed by atoms with Gasteiger partial charge in [-0.2, -0.15) is 4.98 Å². The van der Waals surface area contributed by atoms with Crippen molar-refractivity contribution in [2.24, 2.45) is 0 Å². The lowest BCUT2D eigenvalue weighted by Gasteiger charge is -2.19. The molecule has 7 heteroatoms. The average molecular weight is 328 g/mol. The molecule has 1 amide bonds. The summed E-state index contributed by atoms with van der Waals surface area (Å²) in [6.45, 7) is 1.95. The fourth-order valence-electron chi connectivity index (χ4n) is 2.09. The van der Waals surface area contributed by atoms with Gasteiger partial charge in [-0.3, -0.25) is 4.79 Å². The predicted octanol–water partition coefficient (Wildman–Crippen LogP) is 3.39. The fourth-order valence-corrected chi connectivity index (χ4v) is 2.73. The van der Waals surface area contributed by atoms with E-state index in [-0.39, 0.29) is 5.91 Å². The van der Waals surface area contributed by atoms with Gasteiger partial charge in [0.05, 0.1) is 22.8 Å². The lowest BCUT2D eigenvalue weighted by atomic mass is 10.2. The SMILES string of the molecule is CC(=O)N(C)c1ccccc1NCc1noc(-c2cccs2)n1. The van der Waals surface area contributed by atoms with Gasteiger partial charge in [0.25, 0.3) is 5.89 Å². The number of nitrogens with zero attached hydrogens (tertiary/aromatic N) is 3. The zero-order valence-corrected chi connectivity index (χ0v) is 13.6. The Morgan fingerprint density at radius 2 is 2.13 bits per heavy atom. The molecular formula is C16H16N4O2S. The number of hydrogen-bond acceptors (Lipinski definition) is 6. The number of aromatic nitrogens is 2. The summed E-state index contributed by atoms with van der Waals surface area (Å²) in [5.74, 6) is 1.05. The van der Waals surface area contributed by atoms with Gasteiger partial charge in [-0.15, -0.1) is 11.3 Å². The molecule has 2 aromatic heterocycles. The van der Waals surface area contributed by atoms with Crippen LogP contribution in [-0.2, 0) is 11.3 Å². The van der Waals surface area contributed by atoms with Crippen molar-refractivity contribution >= 4 is 28.6 Å². The van der Waals surface area contributed by atoms with E-state index in [1.165, 1.54) is 6.92 Å². The second kappa shape index (κ2) is 6.62. The number of carbonyl (C=O) groups is 1. The van der Waals surface area contributed by atoms with Crippen molar-refractivity contribution in [2.75, 3.05) is 17.3 Å². The zero-order valence-electron chi connectivity index (χ0n) is 12.8. The second-order valence-corrected chi connectivity index (χ2v) is 5.89. The Morgan fingerprint density at radius 1 is 1.30 bits per heavy atom. The number of benzene rings is 1. The minimum absolute atomic E-state index is 0.0289. The highest BCUT2D eigenvalue weighted by Crippen LogP contribution is 2.26. The number of carbonyl (C=O) groups excluding carboxylic acids is 1. The lowest BCUT2D eigenvalue weighted by molar-refractivity contribution is -0.116. The fraction of sp³-hybridized carbons (Fsp3) is 0.188.